The summed E-state index contributed by atoms with van der Waals surface area (Å²) in [7, 11) is 3.46. The number of hydrogen-bond acceptors (Lipinski definition) is 3. The molecule has 0 radical (unpaired) electrons. The van der Waals surface area contributed by atoms with Gasteiger partial charge in [0.05, 0.1) is 0 Å². The van der Waals surface area contributed by atoms with E-state index < -0.39 is 0 Å². The van der Waals surface area contributed by atoms with Crippen LogP contribution in [0.4, 0.5) is 5.69 Å². The minimum atomic E-state index is -0.0383. The number of anilines is 1. The third-order valence-corrected chi connectivity index (χ3v) is 4.01. The molecule has 0 saturated carbocycles. The van der Waals surface area contributed by atoms with E-state index in [9.17, 15) is 4.79 Å². The molecule has 2 rings (SSSR count). The number of aryl methyl sites for hydroxylation is 1. The number of carbonyl (C=O) groups excluding carboxylic acids is 1. The van der Waals surface area contributed by atoms with Crippen molar-refractivity contribution in [3.63, 3.8) is 0 Å². The molecule has 0 aliphatic rings. The van der Waals surface area contributed by atoms with Crippen molar-refractivity contribution in [2.75, 3.05) is 19.8 Å². The van der Waals surface area contributed by atoms with Gasteiger partial charge in [0.25, 0.3) is 5.91 Å². The van der Waals surface area contributed by atoms with Crippen molar-refractivity contribution in [3.8, 4) is 0 Å². The molecule has 2 N–H and O–H groups in total. The highest BCUT2D eigenvalue weighted by atomic mass is 32.2. The average Bonchev–Trinajstić information content (AvgIpc) is 2.42. The minimum Gasteiger partial charge on any atom is -0.398 e. The second-order valence-corrected chi connectivity index (χ2v) is 5.98. The Balaban J connectivity index is 2.22. The number of rotatable bonds is 3. The highest BCUT2D eigenvalue weighted by molar-refractivity contribution is 7.99. The number of nitrogen functional groups attached to an aromatic ring is 1. The highest BCUT2D eigenvalue weighted by Crippen LogP contribution is 2.32. The van der Waals surface area contributed by atoms with E-state index in [1.165, 1.54) is 5.56 Å². The normalized spacial score (nSPS) is 10.3. The third kappa shape index (κ3) is 3.33. The van der Waals surface area contributed by atoms with Gasteiger partial charge in [-0.1, -0.05) is 29.5 Å². The third-order valence-electron chi connectivity index (χ3n) is 2.91. The molecule has 0 aliphatic carbocycles. The smallest absolute Gasteiger partial charge is 0.253 e. The number of nitrogens with two attached hydrogens (primary N) is 1. The predicted octanol–water partition coefficient (Wildman–Crippen LogP) is 3.43. The minimum absolute atomic E-state index is 0.0383. The molecule has 1 amide bonds. The maximum Gasteiger partial charge on any atom is 0.253 e. The van der Waals surface area contributed by atoms with Crippen molar-refractivity contribution in [2.45, 2.75) is 16.7 Å². The Labute approximate surface area is 123 Å². The standard InChI is InChI=1S/C16H18N2OS/c1-11-4-7-13(8-5-11)20-15-9-6-12(10-14(15)17)16(19)18(2)3/h4-10H,17H2,1-3H3. The first-order valence-corrected chi connectivity index (χ1v) is 7.14. The monoisotopic (exact) mass is 286 g/mol. The van der Waals surface area contributed by atoms with Crippen LogP contribution < -0.4 is 5.73 Å². The first kappa shape index (κ1) is 14.5. The lowest BCUT2D eigenvalue weighted by atomic mass is 10.2. The molecule has 0 atom stereocenters. The maximum atomic E-state index is 11.9. The van der Waals surface area contributed by atoms with E-state index in [1.54, 1.807) is 36.8 Å². The lowest BCUT2D eigenvalue weighted by Crippen LogP contribution is -2.21. The Hall–Kier alpha value is -1.94. The van der Waals surface area contributed by atoms with E-state index in [2.05, 4.69) is 31.2 Å². The molecule has 104 valence electrons. The predicted molar refractivity (Wildman–Crippen MR) is 84.2 cm³/mol. The summed E-state index contributed by atoms with van der Waals surface area (Å²) in [5.41, 5.74) is 8.52. The number of carbonyl (C=O) groups is 1. The Morgan fingerprint density at radius 1 is 1.10 bits per heavy atom. The van der Waals surface area contributed by atoms with Gasteiger partial charge in [0, 0.05) is 35.1 Å². The number of benzene rings is 2. The van der Waals surface area contributed by atoms with Crippen molar-refractivity contribution in [3.05, 3.63) is 53.6 Å². The molecular weight excluding hydrogens is 268 g/mol. The molecule has 0 fully saturated rings. The first-order valence-electron chi connectivity index (χ1n) is 6.33. The summed E-state index contributed by atoms with van der Waals surface area (Å²) in [5.74, 6) is -0.0383. The average molecular weight is 286 g/mol. The molecule has 0 unspecified atom stereocenters. The van der Waals surface area contributed by atoms with Crippen LogP contribution in [-0.2, 0) is 0 Å². The molecule has 2 aromatic carbocycles. The van der Waals surface area contributed by atoms with Gasteiger partial charge in [0.2, 0.25) is 0 Å². The van der Waals surface area contributed by atoms with Crippen molar-refractivity contribution in [1.29, 1.82) is 0 Å². The molecule has 0 heterocycles. The van der Waals surface area contributed by atoms with Crippen LogP contribution in [-0.4, -0.2) is 24.9 Å². The van der Waals surface area contributed by atoms with E-state index in [0.29, 0.717) is 11.3 Å². The summed E-state index contributed by atoms with van der Waals surface area (Å²) >= 11 is 1.60. The topological polar surface area (TPSA) is 46.3 Å². The van der Waals surface area contributed by atoms with E-state index >= 15 is 0 Å². The van der Waals surface area contributed by atoms with Crippen LogP contribution >= 0.6 is 11.8 Å². The molecule has 0 saturated heterocycles. The molecule has 2 aromatic rings. The maximum absolute atomic E-state index is 11.9. The van der Waals surface area contributed by atoms with Gasteiger partial charge in [0.1, 0.15) is 0 Å². The molecular formula is C16H18N2OS. The van der Waals surface area contributed by atoms with Gasteiger partial charge in [-0.25, -0.2) is 0 Å². The lowest BCUT2D eigenvalue weighted by molar-refractivity contribution is 0.0827. The molecule has 4 heteroatoms. The number of amides is 1. The van der Waals surface area contributed by atoms with Gasteiger partial charge in [-0.3, -0.25) is 4.79 Å². The van der Waals surface area contributed by atoms with Crippen LogP contribution in [0.5, 0.6) is 0 Å². The molecule has 3 nitrogen and oxygen atoms in total. The van der Waals surface area contributed by atoms with Gasteiger partial charge in [-0.2, -0.15) is 0 Å². The van der Waals surface area contributed by atoms with Gasteiger partial charge in [-0.15, -0.1) is 0 Å². The van der Waals surface area contributed by atoms with Crippen LogP contribution in [0.1, 0.15) is 15.9 Å². The fraction of sp³-hybridized carbons (Fsp3) is 0.188. The van der Waals surface area contributed by atoms with Crippen molar-refractivity contribution in [1.82, 2.24) is 4.90 Å². The van der Waals surface area contributed by atoms with Crippen molar-refractivity contribution in [2.24, 2.45) is 0 Å². The second kappa shape index (κ2) is 6.01. The zero-order chi connectivity index (χ0) is 14.7. The van der Waals surface area contributed by atoms with Gasteiger partial charge >= 0.3 is 0 Å². The zero-order valence-corrected chi connectivity index (χ0v) is 12.7. The van der Waals surface area contributed by atoms with E-state index in [-0.39, 0.29) is 5.91 Å². The Morgan fingerprint density at radius 2 is 1.75 bits per heavy atom. The molecule has 0 aromatic heterocycles. The SMILES string of the molecule is Cc1ccc(Sc2ccc(C(=O)N(C)C)cc2N)cc1. The van der Waals surface area contributed by atoms with E-state index in [4.69, 9.17) is 5.73 Å². The second-order valence-electron chi connectivity index (χ2n) is 4.87. The molecule has 0 spiro atoms. The van der Waals surface area contributed by atoms with Crippen molar-refractivity contribution < 1.29 is 4.79 Å². The van der Waals surface area contributed by atoms with Gasteiger partial charge in [0.15, 0.2) is 0 Å². The van der Waals surface area contributed by atoms with Crippen molar-refractivity contribution >= 4 is 23.4 Å². The van der Waals surface area contributed by atoms with Crippen LogP contribution in [0.2, 0.25) is 0 Å². The summed E-state index contributed by atoms with van der Waals surface area (Å²) in [4.78, 5) is 15.5. The van der Waals surface area contributed by atoms with E-state index in [1.807, 2.05) is 12.1 Å². The number of hydrogen-bond donors (Lipinski definition) is 1. The summed E-state index contributed by atoms with van der Waals surface area (Å²) < 4.78 is 0. The van der Waals surface area contributed by atoms with E-state index in [0.717, 1.165) is 9.79 Å². The van der Waals surface area contributed by atoms with Gasteiger partial charge < -0.3 is 10.6 Å². The van der Waals surface area contributed by atoms with Crippen LogP contribution in [0.3, 0.4) is 0 Å². The fourth-order valence-electron chi connectivity index (χ4n) is 1.77. The summed E-state index contributed by atoms with van der Waals surface area (Å²) in [6, 6.07) is 13.7. The highest BCUT2D eigenvalue weighted by Gasteiger charge is 2.10. The Morgan fingerprint density at radius 3 is 2.30 bits per heavy atom. The van der Waals surface area contributed by atoms with Gasteiger partial charge in [-0.05, 0) is 37.3 Å². The Kier molecular flexibility index (Phi) is 4.35. The molecule has 0 bridgehead atoms. The zero-order valence-electron chi connectivity index (χ0n) is 11.9. The van der Waals surface area contributed by atoms with Crippen LogP contribution in [0.25, 0.3) is 0 Å². The summed E-state index contributed by atoms with van der Waals surface area (Å²) in [6.07, 6.45) is 0. The van der Waals surface area contributed by atoms with Crippen LogP contribution in [0.15, 0.2) is 52.3 Å². The number of nitrogens with zero attached hydrogens (tertiary/aromatic N) is 1. The largest absolute Gasteiger partial charge is 0.398 e. The lowest BCUT2D eigenvalue weighted by Gasteiger charge is -2.12. The Bertz CT molecular complexity index is 621. The quantitative estimate of drug-likeness (QED) is 0.879. The fourth-order valence-corrected chi connectivity index (χ4v) is 2.60. The summed E-state index contributed by atoms with van der Waals surface area (Å²) in [6.45, 7) is 2.06. The van der Waals surface area contributed by atoms with Crippen LogP contribution in [0, 0.1) is 6.92 Å². The molecule has 0 aliphatic heterocycles. The summed E-state index contributed by atoms with van der Waals surface area (Å²) in [5, 5.41) is 0. The first-order chi connectivity index (χ1) is 9.47. The molecule has 20 heavy (non-hydrogen) atoms.